The zero-order chi connectivity index (χ0) is 9.80. The molecular weight excluding hydrogens is 168 g/mol. The Labute approximate surface area is 86.0 Å². The van der Waals surface area contributed by atoms with Crippen LogP contribution in [0.15, 0.2) is 54.1 Å². The molecule has 0 heteroatoms. The molecule has 1 aliphatic carbocycles. The summed E-state index contributed by atoms with van der Waals surface area (Å²) in [5.74, 6) is 0.613. The summed E-state index contributed by atoms with van der Waals surface area (Å²) < 4.78 is 0. The first kappa shape index (κ1) is 9.26. The van der Waals surface area contributed by atoms with E-state index in [4.69, 9.17) is 0 Å². The Balaban J connectivity index is 2.05. The Morgan fingerprint density at radius 2 is 2.00 bits per heavy atom. The van der Waals surface area contributed by atoms with Crippen molar-refractivity contribution in [2.75, 3.05) is 0 Å². The summed E-state index contributed by atoms with van der Waals surface area (Å²) in [7, 11) is 0. The second-order valence-electron chi connectivity index (χ2n) is 3.98. The fourth-order valence-corrected chi connectivity index (χ4v) is 1.92. The highest BCUT2D eigenvalue weighted by molar-refractivity contribution is 5.26. The molecule has 0 N–H and O–H groups in total. The van der Waals surface area contributed by atoms with Crippen LogP contribution < -0.4 is 0 Å². The molecule has 0 radical (unpaired) electrons. The number of allylic oxidation sites excluding steroid dienone is 4. The van der Waals surface area contributed by atoms with Gasteiger partial charge in [0.1, 0.15) is 0 Å². The molecule has 0 spiro atoms. The molecule has 1 atom stereocenters. The molecule has 0 aliphatic heterocycles. The van der Waals surface area contributed by atoms with Crippen molar-refractivity contribution in [2.45, 2.75) is 19.8 Å². The monoisotopic (exact) mass is 184 g/mol. The molecule has 14 heavy (non-hydrogen) atoms. The lowest BCUT2D eigenvalue weighted by Crippen LogP contribution is -1.97. The van der Waals surface area contributed by atoms with Crippen LogP contribution in [0.1, 0.15) is 18.9 Å². The van der Waals surface area contributed by atoms with Gasteiger partial charge in [0.05, 0.1) is 0 Å². The SMILES string of the molecule is CC1C=CCC(Cc2ccccc2)=C1. The van der Waals surface area contributed by atoms with Crippen LogP contribution in [0, 0.1) is 5.92 Å². The van der Waals surface area contributed by atoms with E-state index in [1.165, 1.54) is 5.56 Å². The Kier molecular flexibility index (Phi) is 2.83. The van der Waals surface area contributed by atoms with E-state index in [0.717, 1.165) is 12.8 Å². The Morgan fingerprint density at radius 1 is 1.21 bits per heavy atom. The van der Waals surface area contributed by atoms with Crippen LogP contribution in [0.4, 0.5) is 0 Å². The van der Waals surface area contributed by atoms with Gasteiger partial charge in [-0.3, -0.25) is 0 Å². The summed E-state index contributed by atoms with van der Waals surface area (Å²) in [4.78, 5) is 0. The van der Waals surface area contributed by atoms with Gasteiger partial charge in [-0.1, -0.05) is 61.1 Å². The highest BCUT2D eigenvalue weighted by atomic mass is 14.1. The normalized spacial score (nSPS) is 20.6. The summed E-state index contributed by atoms with van der Waals surface area (Å²) in [5, 5.41) is 0. The van der Waals surface area contributed by atoms with E-state index in [2.05, 4.69) is 55.5 Å². The second-order valence-corrected chi connectivity index (χ2v) is 3.98. The molecule has 1 unspecified atom stereocenters. The Bertz CT molecular complexity index is 344. The quantitative estimate of drug-likeness (QED) is 0.614. The van der Waals surface area contributed by atoms with Gasteiger partial charge in [0, 0.05) is 0 Å². The third-order valence-electron chi connectivity index (χ3n) is 2.59. The van der Waals surface area contributed by atoms with Gasteiger partial charge in [-0.2, -0.15) is 0 Å². The summed E-state index contributed by atoms with van der Waals surface area (Å²) in [5.41, 5.74) is 2.97. The Hall–Kier alpha value is -1.30. The standard InChI is InChI=1S/C14H16/c1-12-6-5-9-14(10-12)11-13-7-3-2-4-8-13/h2-8,10,12H,9,11H2,1H3. The lowest BCUT2D eigenvalue weighted by Gasteiger charge is -2.12. The summed E-state index contributed by atoms with van der Waals surface area (Å²) in [6.07, 6.45) is 9.17. The maximum atomic E-state index is 2.38. The van der Waals surface area contributed by atoms with Crippen molar-refractivity contribution >= 4 is 0 Å². The van der Waals surface area contributed by atoms with Crippen molar-refractivity contribution in [1.82, 2.24) is 0 Å². The summed E-state index contributed by atoms with van der Waals surface area (Å²) in [6, 6.07) is 10.7. The third kappa shape index (κ3) is 2.35. The summed E-state index contributed by atoms with van der Waals surface area (Å²) >= 11 is 0. The Morgan fingerprint density at radius 3 is 2.71 bits per heavy atom. The maximum absolute atomic E-state index is 2.38. The second kappa shape index (κ2) is 4.28. The van der Waals surface area contributed by atoms with Crippen molar-refractivity contribution in [3.05, 3.63) is 59.7 Å². The van der Waals surface area contributed by atoms with Crippen molar-refractivity contribution in [1.29, 1.82) is 0 Å². The maximum Gasteiger partial charge on any atom is -0.00638 e. The van der Waals surface area contributed by atoms with Crippen LogP contribution in [0.3, 0.4) is 0 Å². The number of hydrogen-bond donors (Lipinski definition) is 0. The molecule has 0 aromatic heterocycles. The van der Waals surface area contributed by atoms with Gasteiger partial charge in [0.15, 0.2) is 0 Å². The fraction of sp³-hybridized carbons (Fsp3) is 0.286. The molecule has 0 saturated carbocycles. The minimum atomic E-state index is 0.613. The molecular formula is C14H16. The first-order chi connectivity index (χ1) is 6.84. The van der Waals surface area contributed by atoms with Crippen molar-refractivity contribution in [3.8, 4) is 0 Å². The number of benzene rings is 1. The molecule has 2 rings (SSSR count). The molecule has 0 heterocycles. The van der Waals surface area contributed by atoms with Gasteiger partial charge in [0.2, 0.25) is 0 Å². The predicted molar refractivity (Wildman–Crippen MR) is 61.2 cm³/mol. The highest BCUT2D eigenvalue weighted by Gasteiger charge is 2.04. The van der Waals surface area contributed by atoms with Crippen LogP contribution in [0.25, 0.3) is 0 Å². The van der Waals surface area contributed by atoms with Crippen LogP contribution >= 0.6 is 0 Å². The largest absolute Gasteiger partial charge is 0.0839 e. The van der Waals surface area contributed by atoms with E-state index in [1.807, 2.05) is 0 Å². The number of hydrogen-bond acceptors (Lipinski definition) is 0. The van der Waals surface area contributed by atoms with Crippen molar-refractivity contribution in [2.24, 2.45) is 5.92 Å². The van der Waals surface area contributed by atoms with Gasteiger partial charge in [-0.05, 0) is 24.3 Å². The van der Waals surface area contributed by atoms with Gasteiger partial charge in [-0.25, -0.2) is 0 Å². The average Bonchev–Trinajstić information content (AvgIpc) is 2.19. The average molecular weight is 184 g/mol. The first-order valence-corrected chi connectivity index (χ1v) is 5.25. The molecule has 0 nitrogen and oxygen atoms in total. The molecule has 0 fully saturated rings. The van der Waals surface area contributed by atoms with E-state index in [0.29, 0.717) is 5.92 Å². The highest BCUT2D eigenvalue weighted by Crippen LogP contribution is 2.19. The van der Waals surface area contributed by atoms with Crippen molar-refractivity contribution < 1.29 is 0 Å². The molecule has 1 aliphatic rings. The van der Waals surface area contributed by atoms with Crippen molar-refractivity contribution in [3.63, 3.8) is 0 Å². The zero-order valence-electron chi connectivity index (χ0n) is 8.61. The predicted octanol–water partition coefficient (Wildman–Crippen LogP) is 3.75. The van der Waals surface area contributed by atoms with E-state index in [9.17, 15) is 0 Å². The lowest BCUT2D eigenvalue weighted by atomic mass is 9.94. The van der Waals surface area contributed by atoms with Crippen LogP contribution in [-0.2, 0) is 6.42 Å². The minimum Gasteiger partial charge on any atom is -0.0839 e. The van der Waals surface area contributed by atoms with E-state index in [1.54, 1.807) is 5.57 Å². The van der Waals surface area contributed by atoms with Crippen LogP contribution in [0.2, 0.25) is 0 Å². The molecule has 0 bridgehead atoms. The van der Waals surface area contributed by atoms with Gasteiger partial charge < -0.3 is 0 Å². The molecule has 1 aromatic carbocycles. The van der Waals surface area contributed by atoms with Crippen LogP contribution in [0.5, 0.6) is 0 Å². The topological polar surface area (TPSA) is 0 Å². The zero-order valence-corrected chi connectivity index (χ0v) is 8.61. The first-order valence-electron chi connectivity index (χ1n) is 5.25. The molecule has 1 aromatic rings. The van der Waals surface area contributed by atoms with Crippen LogP contribution in [-0.4, -0.2) is 0 Å². The number of rotatable bonds is 2. The third-order valence-corrected chi connectivity index (χ3v) is 2.59. The van der Waals surface area contributed by atoms with Gasteiger partial charge in [-0.15, -0.1) is 0 Å². The molecule has 72 valence electrons. The van der Waals surface area contributed by atoms with Gasteiger partial charge in [0.25, 0.3) is 0 Å². The van der Waals surface area contributed by atoms with E-state index >= 15 is 0 Å². The van der Waals surface area contributed by atoms with Gasteiger partial charge >= 0.3 is 0 Å². The minimum absolute atomic E-state index is 0.613. The smallest absolute Gasteiger partial charge is 0.00638 e. The summed E-state index contributed by atoms with van der Waals surface area (Å²) in [6.45, 7) is 2.24. The lowest BCUT2D eigenvalue weighted by molar-refractivity contribution is 0.865. The van der Waals surface area contributed by atoms with E-state index < -0.39 is 0 Å². The van der Waals surface area contributed by atoms with E-state index in [-0.39, 0.29) is 0 Å². The molecule has 0 amide bonds. The fourth-order valence-electron chi connectivity index (χ4n) is 1.92. The molecule has 0 saturated heterocycles.